The molecule has 2 aliphatic heterocycles. The lowest BCUT2D eigenvalue weighted by molar-refractivity contribution is -0.0140. The monoisotopic (exact) mass is 372 g/mol. The molecule has 2 fully saturated rings. The minimum absolute atomic E-state index is 0.00208. The van der Waals surface area contributed by atoms with Crippen LogP contribution in [-0.4, -0.2) is 87.7 Å². The Labute approximate surface area is 161 Å². The van der Waals surface area contributed by atoms with E-state index in [-0.39, 0.29) is 11.2 Å². The van der Waals surface area contributed by atoms with E-state index in [1.54, 1.807) is 0 Å². The number of nitrogens with one attached hydrogen (secondary N) is 3. The van der Waals surface area contributed by atoms with Gasteiger partial charge in [0, 0.05) is 65.0 Å². The summed E-state index contributed by atoms with van der Waals surface area (Å²) in [6.45, 7) is 23.2. The molecule has 1 unspecified atom stereocenters. The molecule has 6 nitrogen and oxygen atoms in total. The predicted molar refractivity (Wildman–Crippen MR) is 110 cm³/mol. The summed E-state index contributed by atoms with van der Waals surface area (Å²) in [7, 11) is 0. The van der Waals surface area contributed by atoms with E-state index < -0.39 is 0 Å². The van der Waals surface area contributed by atoms with Crippen molar-refractivity contribution >= 4 is 0 Å². The largest absolute Gasteiger partial charge is 0.376 e. The second-order valence-corrected chi connectivity index (χ2v) is 9.16. The van der Waals surface area contributed by atoms with Gasteiger partial charge in [-0.05, 0) is 48.0 Å². The third kappa shape index (κ3) is 13.9. The third-order valence-electron chi connectivity index (χ3n) is 4.28. The molecule has 2 heterocycles. The SMILES string of the molecule is CC(C)(C)OCCC1CNCCN1.CC(C)(C)OCCN1CCNCC1. The number of ether oxygens (including phenoxy) is 2. The smallest absolute Gasteiger partial charge is 0.0600 e. The van der Waals surface area contributed by atoms with Crippen LogP contribution in [0.25, 0.3) is 0 Å². The van der Waals surface area contributed by atoms with Gasteiger partial charge in [0.1, 0.15) is 0 Å². The first-order chi connectivity index (χ1) is 12.2. The fourth-order valence-electron chi connectivity index (χ4n) is 2.84. The normalized spacial score (nSPS) is 22.6. The predicted octanol–water partition coefficient (Wildman–Crippen LogP) is 1.46. The molecule has 6 heteroatoms. The molecule has 0 aromatic heterocycles. The second-order valence-electron chi connectivity index (χ2n) is 9.16. The topological polar surface area (TPSA) is 57.8 Å². The van der Waals surface area contributed by atoms with Gasteiger partial charge in [-0.2, -0.15) is 0 Å². The van der Waals surface area contributed by atoms with Gasteiger partial charge in [0.2, 0.25) is 0 Å². The second kappa shape index (κ2) is 12.3. The third-order valence-corrected chi connectivity index (χ3v) is 4.28. The van der Waals surface area contributed by atoms with Crippen molar-refractivity contribution in [1.82, 2.24) is 20.9 Å². The van der Waals surface area contributed by atoms with Gasteiger partial charge in [-0.25, -0.2) is 0 Å². The van der Waals surface area contributed by atoms with Crippen LogP contribution in [-0.2, 0) is 9.47 Å². The molecule has 26 heavy (non-hydrogen) atoms. The van der Waals surface area contributed by atoms with Gasteiger partial charge in [-0.3, -0.25) is 4.90 Å². The Morgan fingerprint density at radius 2 is 1.42 bits per heavy atom. The van der Waals surface area contributed by atoms with Gasteiger partial charge >= 0.3 is 0 Å². The Balaban J connectivity index is 0.000000260. The van der Waals surface area contributed by atoms with E-state index >= 15 is 0 Å². The minimum atomic E-state index is 0.00208. The molecule has 0 saturated carbocycles. The van der Waals surface area contributed by atoms with E-state index in [1.165, 1.54) is 0 Å². The van der Waals surface area contributed by atoms with Crippen molar-refractivity contribution in [2.75, 3.05) is 65.6 Å². The maximum absolute atomic E-state index is 5.67. The summed E-state index contributed by atoms with van der Waals surface area (Å²) in [5, 5.41) is 10.2. The molecule has 156 valence electrons. The van der Waals surface area contributed by atoms with Crippen molar-refractivity contribution in [1.29, 1.82) is 0 Å². The average Bonchev–Trinajstić information content (AvgIpc) is 2.55. The molecule has 0 radical (unpaired) electrons. The molecule has 2 rings (SSSR count). The zero-order chi connectivity index (χ0) is 19.5. The number of rotatable bonds is 6. The Hall–Kier alpha value is -0.240. The first-order valence-electron chi connectivity index (χ1n) is 10.3. The van der Waals surface area contributed by atoms with E-state index in [1.807, 2.05) is 0 Å². The van der Waals surface area contributed by atoms with Crippen LogP contribution in [0, 0.1) is 0 Å². The first-order valence-corrected chi connectivity index (χ1v) is 10.3. The Bertz CT molecular complexity index is 307. The molecule has 0 spiro atoms. The summed E-state index contributed by atoms with van der Waals surface area (Å²) < 4.78 is 11.3. The van der Waals surface area contributed by atoms with Crippen LogP contribution >= 0.6 is 0 Å². The van der Waals surface area contributed by atoms with Crippen LogP contribution in [0.5, 0.6) is 0 Å². The van der Waals surface area contributed by atoms with E-state index in [0.717, 1.165) is 72.0 Å². The minimum Gasteiger partial charge on any atom is -0.376 e. The Kier molecular flexibility index (Phi) is 11.2. The zero-order valence-electron chi connectivity index (χ0n) is 18.1. The van der Waals surface area contributed by atoms with Gasteiger partial charge in [0.05, 0.1) is 17.8 Å². The molecule has 2 aliphatic rings. The van der Waals surface area contributed by atoms with Crippen LogP contribution in [0.2, 0.25) is 0 Å². The fourth-order valence-corrected chi connectivity index (χ4v) is 2.84. The number of hydrogen-bond donors (Lipinski definition) is 3. The van der Waals surface area contributed by atoms with Crippen LogP contribution in [0.15, 0.2) is 0 Å². The highest BCUT2D eigenvalue weighted by molar-refractivity contribution is 4.75. The van der Waals surface area contributed by atoms with E-state index in [0.29, 0.717) is 6.04 Å². The quantitative estimate of drug-likeness (QED) is 0.656. The summed E-state index contributed by atoms with van der Waals surface area (Å²) in [4.78, 5) is 2.45. The highest BCUT2D eigenvalue weighted by Gasteiger charge is 2.15. The van der Waals surface area contributed by atoms with Gasteiger partial charge < -0.3 is 25.4 Å². The zero-order valence-corrected chi connectivity index (χ0v) is 18.1. The molecule has 3 N–H and O–H groups in total. The van der Waals surface area contributed by atoms with Gasteiger partial charge in [0.15, 0.2) is 0 Å². The molecule has 0 aliphatic carbocycles. The van der Waals surface area contributed by atoms with Gasteiger partial charge in [-0.15, -0.1) is 0 Å². The van der Waals surface area contributed by atoms with Crippen LogP contribution < -0.4 is 16.0 Å². The molecule has 0 bridgehead atoms. The van der Waals surface area contributed by atoms with Crippen molar-refractivity contribution in [2.24, 2.45) is 0 Å². The van der Waals surface area contributed by atoms with Gasteiger partial charge in [0.25, 0.3) is 0 Å². The fraction of sp³-hybridized carbons (Fsp3) is 1.00. The molecule has 1 atom stereocenters. The first kappa shape index (κ1) is 23.8. The van der Waals surface area contributed by atoms with Crippen molar-refractivity contribution in [3.8, 4) is 0 Å². The van der Waals surface area contributed by atoms with Gasteiger partial charge in [-0.1, -0.05) is 0 Å². The molecular weight excluding hydrogens is 328 g/mol. The number of nitrogens with zero attached hydrogens (tertiary/aromatic N) is 1. The Morgan fingerprint density at radius 1 is 0.808 bits per heavy atom. The lowest BCUT2D eigenvalue weighted by Crippen LogP contribution is -2.48. The van der Waals surface area contributed by atoms with Crippen LogP contribution in [0.3, 0.4) is 0 Å². The lowest BCUT2D eigenvalue weighted by atomic mass is 10.1. The summed E-state index contributed by atoms with van der Waals surface area (Å²) in [6, 6.07) is 0.594. The summed E-state index contributed by atoms with van der Waals surface area (Å²) >= 11 is 0. The maximum atomic E-state index is 5.67. The van der Waals surface area contributed by atoms with E-state index in [9.17, 15) is 0 Å². The number of piperazine rings is 2. The molecule has 0 aromatic carbocycles. The standard InChI is InChI=1S/2C10H22N2O/c1-10(2,3)13-7-4-9-8-11-5-6-12-9;1-10(2,3)13-9-8-12-6-4-11-5-7-12/h9,11-12H,4-8H2,1-3H3;11H,4-9H2,1-3H3. The number of hydrogen-bond acceptors (Lipinski definition) is 6. The maximum Gasteiger partial charge on any atom is 0.0600 e. The van der Waals surface area contributed by atoms with Crippen LogP contribution in [0.4, 0.5) is 0 Å². The summed E-state index contributed by atoms with van der Waals surface area (Å²) in [5.41, 5.74) is 0.0101. The summed E-state index contributed by atoms with van der Waals surface area (Å²) in [5.74, 6) is 0. The van der Waals surface area contributed by atoms with Crippen molar-refractivity contribution in [3.63, 3.8) is 0 Å². The van der Waals surface area contributed by atoms with Crippen molar-refractivity contribution in [2.45, 2.75) is 65.2 Å². The average molecular weight is 373 g/mol. The summed E-state index contributed by atoms with van der Waals surface area (Å²) in [6.07, 6.45) is 1.10. The molecule has 0 aromatic rings. The van der Waals surface area contributed by atoms with E-state index in [2.05, 4.69) is 62.4 Å². The molecular formula is C20H44N4O2. The van der Waals surface area contributed by atoms with E-state index in [4.69, 9.17) is 9.47 Å². The lowest BCUT2D eigenvalue weighted by Gasteiger charge is -2.28. The highest BCUT2D eigenvalue weighted by atomic mass is 16.5. The molecule has 0 amide bonds. The van der Waals surface area contributed by atoms with Crippen molar-refractivity contribution in [3.05, 3.63) is 0 Å². The van der Waals surface area contributed by atoms with Crippen molar-refractivity contribution < 1.29 is 9.47 Å². The highest BCUT2D eigenvalue weighted by Crippen LogP contribution is 2.08. The van der Waals surface area contributed by atoms with Crippen LogP contribution in [0.1, 0.15) is 48.0 Å². The Morgan fingerprint density at radius 3 is 1.96 bits per heavy atom. The molecule has 2 saturated heterocycles.